The molecule has 0 aliphatic rings. The van der Waals surface area contributed by atoms with Gasteiger partial charge in [-0.05, 0) is 37.7 Å². The average molecular weight is 246 g/mol. The minimum absolute atomic E-state index is 0.282. The third kappa shape index (κ3) is 3.31. The summed E-state index contributed by atoms with van der Waals surface area (Å²) >= 11 is 0. The maximum atomic E-state index is 11.9. The van der Waals surface area contributed by atoms with Crippen molar-refractivity contribution in [3.63, 3.8) is 0 Å². The lowest BCUT2D eigenvalue weighted by Crippen LogP contribution is -2.32. The Morgan fingerprint density at radius 3 is 2.50 bits per heavy atom. The van der Waals surface area contributed by atoms with E-state index in [1.807, 2.05) is 11.9 Å². The van der Waals surface area contributed by atoms with Gasteiger partial charge in [0.25, 0.3) is 0 Å². The summed E-state index contributed by atoms with van der Waals surface area (Å²) in [5.74, 6) is -0.282. The summed E-state index contributed by atoms with van der Waals surface area (Å²) < 4.78 is 4.85. The smallest absolute Gasteiger partial charge is 0.327 e. The maximum absolute atomic E-state index is 11.9. The summed E-state index contributed by atoms with van der Waals surface area (Å²) in [6.45, 7) is 2.86. The molecule has 4 nitrogen and oxygen atoms in total. The first kappa shape index (κ1) is 14.2. The number of hydrogen-bond acceptors (Lipinski definition) is 4. The predicted octanol–water partition coefficient (Wildman–Crippen LogP) is 2.11. The minimum atomic E-state index is -0.414. The maximum Gasteiger partial charge on any atom is 0.327 e. The normalized spacial score (nSPS) is 11.9. The molecule has 0 bridgehead atoms. The monoisotopic (exact) mass is 246 g/mol. The molecule has 0 unspecified atom stereocenters. The lowest BCUT2D eigenvalue weighted by molar-refractivity contribution is -0.146. The molecule has 18 heavy (non-hydrogen) atoms. The van der Waals surface area contributed by atoms with Crippen molar-refractivity contribution in [1.29, 1.82) is 5.26 Å². The summed E-state index contributed by atoms with van der Waals surface area (Å²) in [7, 11) is 3.28. The van der Waals surface area contributed by atoms with Gasteiger partial charge in [-0.1, -0.05) is 19.1 Å². The number of hydrogen-bond donors (Lipinski definition) is 0. The SMILES string of the molecule is CCCN(C)[C@H](C(=O)OC)c1ccc(C#N)cc1. The molecule has 0 fully saturated rings. The average Bonchev–Trinajstić information content (AvgIpc) is 2.40. The van der Waals surface area contributed by atoms with Crippen LogP contribution < -0.4 is 0 Å². The summed E-state index contributed by atoms with van der Waals surface area (Å²) in [6.07, 6.45) is 0.959. The highest BCUT2D eigenvalue weighted by Crippen LogP contribution is 2.21. The zero-order chi connectivity index (χ0) is 13.5. The molecule has 0 radical (unpaired) electrons. The number of esters is 1. The largest absolute Gasteiger partial charge is 0.468 e. The molecule has 0 amide bonds. The van der Waals surface area contributed by atoms with Gasteiger partial charge in [-0.2, -0.15) is 5.26 Å². The van der Waals surface area contributed by atoms with Gasteiger partial charge in [0.05, 0.1) is 18.7 Å². The number of nitrogens with zero attached hydrogens (tertiary/aromatic N) is 2. The van der Waals surface area contributed by atoms with Gasteiger partial charge >= 0.3 is 5.97 Å². The van der Waals surface area contributed by atoms with Crippen molar-refractivity contribution >= 4 is 5.97 Å². The fourth-order valence-electron chi connectivity index (χ4n) is 1.90. The molecule has 1 aromatic carbocycles. The van der Waals surface area contributed by atoms with Crippen molar-refractivity contribution < 1.29 is 9.53 Å². The first-order valence-electron chi connectivity index (χ1n) is 5.92. The van der Waals surface area contributed by atoms with Crippen LogP contribution in [0.1, 0.15) is 30.5 Å². The molecule has 0 saturated carbocycles. The molecule has 0 heterocycles. The number of benzene rings is 1. The van der Waals surface area contributed by atoms with Crippen molar-refractivity contribution in [1.82, 2.24) is 4.90 Å². The van der Waals surface area contributed by atoms with Crippen LogP contribution in [0.15, 0.2) is 24.3 Å². The van der Waals surface area contributed by atoms with Crippen molar-refractivity contribution in [3.8, 4) is 6.07 Å². The van der Waals surface area contributed by atoms with Gasteiger partial charge in [0, 0.05) is 0 Å². The lowest BCUT2D eigenvalue weighted by Gasteiger charge is -2.25. The van der Waals surface area contributed by atoms with Crippen LogP contribution in [0.5, 0.6) is 0 Å². The highest BCUT2D eigenvalue weighted by Gasteiger charge is 2.25. The van der Waals surface area contributed by atoms with Crippen molar-refractivity contribution in [2.75, 3.05) is 20.7 Å². The van der Waals surface area contributed by atoms with E-state index in [4.69, 9.17) is 10.00 Å². The topological polar surface area (TPSA) is 53.3 Å². The van der Waals surface area contributed by atoms with Gasteiger partial charge in [-0.25, -0.2) is 4.79 Å². The zero-order valence-corrected chi connectivity index (χ0v) is 11.0. The molecule has 0 spiro atoms. The van der Waals surface area contributed by atoms with E-state index < -0.39 is 6.04 Å². The van der Waals surface area contributed by atoms with Crippen LogP contribution in [0.25, 0.3) is 0 Å². The van der Waals surface area contributed by atoms with Gasteiger partial charge in [-0.15, -0.1) is 0 Å². The Labute approximate surface area is 108 Å². The van der Waals surface area contributed by atoms with Gasteiger partial charge < -0.3 is 4.74 Å². The second-order valence-electron chi connectivity index (χ2n) is 4.14. The number of likely N-dealkylation sites (N-methyl/N-ethyl adjacent to an activating group) is 1. The van der Waals surface area contributed by atoms with E-state index in [0.717, 1.165) is 18.5 Å². The zero-order valence-electron chi connectivity index (χ0n) is 11.0. The number of ether oxygens (including phenoxy) is 1. The van der Waals surface area contributed by atoms with Crippen LogP contribution >= 0.6 is 0 Å². The Morgan fingerprint density at radius 1 is 1.44 bits per heavy atom. The Balaban J connectivity index is 3.01. The Hall–Kier alpha value is -1.86. The Morgan fingerprint density at radius 2 is 2.06 bits per heavy atom. The van der Waals surface area contributed by atoms with Crippen LogP contribution in [-0.2, 0) is 9.53 Å². The van der Waals surface area contributed by atoms with Gasteiger partial charge in [0.15, 0.2) is 0 Å². The molecule has 0 aromatic heterocycles. The van der Waals surface area contributed by atoms with Gasteiger partial charge in [-0.3, -0.25) is 4.90 Å². The molecule has 4 heteroatoms. The Bertz CT molecular complexity index is 434. The standard InChI is InChI=1S/C14H18N2O2/c1-4-9-16(2)13(14(17)18-3)12-7-5-11(10-15)6-8-12/h5-8,13H,4,9H2,1-3H3/t13-/m0/s1. The minimum Gasteiger partial charge on any atom is -0.468 e. The highest BCUT2D eigenvalue weighted by atomic mass is 16.5. The molecular weight excluding hydrogens is 228 g/mol. The van der Waals surface area contributed by atoms with Crippen LogP contribution in [-0.4, -0.2) is 31.6 Å². The van der Waals surface area contributed by atoms with E-state index in [0.29, 0.717) is 5.56 Å². The van der Waals surface area contributed by atoms with Crippen LogP contribution in [0, 0.1) is 11.3 Å². The number of carbonyl (C=O) groups excluding carboxylic acids is 1. The number of nitriles is 1. The van der Waals surface area contributed by atoms with E-state index in [2.05, 4.69) is 13.0 Å². The van der Waals surface area contributed by atoms with E-state index in [1.165, 1.54) is 7.11 Å². The summed E-state index contributed by atoms with van der Waals surface area (Å²) in [5.41, 5.74) is 1.43. The highest BCUT2D eigenvalue weighted by molar-refractivity contribution is 5.77. The molecule has 1 atom stereocenters. The van der Waals surface area contributed by atoms with E-state index >= 15 is 0 Å². The second kappa shape index (κ2) is 6.77. The Kier molecular flexibility index (Phi) is 5.34. The van der Waals surface area contributed by atoms with E-state index in [1.54, 1.807) is 24.3 Å². The molecule has 1 aromatic rings. The molecular formula is C14H18N2O2. The summed E-state index contributed by atoms with van der Waals surface area (Å²) in [4.78, 5) is 13.8. The number of methoxy groups -OCH3 is 1. The van der Waals surface area contributed by atoms with Crippen molar-refractivity contribution in [2.45, 2.75) is 19.4 Å². The summed E-state index contributed by atoms with van der Waals surface area (Å²) in [5, 5.41) is 8.76. The molecule has 0 N–H and O–H groups in total. The molecule has 0 saturated heterocycles. The first-order valence-corrected chi connectivity index (χ1v) is 5.92. The second-order valence-corrected chi connectivity index (χ2v) is 4.14. The molecule has 1 rings (SSSR count). The van der Waals surface area contributed by atoms with E-state index in [-0.39, 0.29) is 5.97 Å². The van der Waals surface area contributed by atoms with Crippen LogP contribution in [0.2, 0.25) is 0 Å². The van der Waals surface area contributed by atoms with Gasteiger partial charge in [0.2, 0.25) is 0 Å². The number of rotatable bonds is 5. The van der Waals surface area contributed by atoms with Crippen molar-refractivity contribution in [3.05, 3.63) is 35.4 Å². The fraction of sp³-hybridized carbons (Fsp3) is 0.429. The van der Waals surface area contributed by atoms with Crippen LogP contribution in [0.3, 0.4) is 0 Å². The summed E-state index contributed by atoms with van der Waals surface area (Å²) in [6, 6.07) is 8.67. The first-order chi connectivity index (χ1) is 8.63. The third-order valence-corrected chi connectivity index (χ3v) is 2.80. The van der Waals surface area contributed by atoms with E-state index in [9.17, 15) is 4.79 Å². The van der Waals surface area contributed by atoms with Gasteiger partial charge in [0.1, 0.15) is 6.04 Å². The lowest BCUT2D eigenvalue weighted by atomic mass is 10.0. The predicted molar refractivity (Wildman–Crippen MR) is 68.8 cm³/mol. The molecule has 0 aliphatic heterocycles. The van der Waals surface area contributed by atoms with Crippen molar-refractivity contribution in [2.24, 2.45) is 0 Å². The number of carbonyl (C=O) groups is 1. The third-order valence-electron chi connectivity index (χ3n) is 2.80. The quantitative estimate of drug-likeness (QED) is 0.747. The fourth-order valence-corrected chi connectivity index (χ4v) is 1.90. The van der Waals surface area contributed by atoms with Crippen LogP contribution in [0.4, 0.5) is 0 Å². The molecule has 96 valence electrons. The molecule has 0 aliphatic carbocycles.